The van der Waals surface area contributed by atoms with Crippen LogP contribution in [0.3, 0.4) is 0 Å². The number of nitrogens with zero attached hydrogens (tertiary/aromatic N) is 1. The van der Waals surface area contributed by atoms with Gasteiger partial charge in [0.05, 0.1) is 23.1 Å². The van der Waals surface area contributed by atoms with Crippen molar-refractivity contribution in [1.29, 1.82) is 0 Å². The van der Waals surface area contributed by atoms with Crippen LogP contribution < -0.4 is 15.4 Å². The Bertz CT molecular complexity index is 1230. The molecule has 4 rings (SSSR count). The predicted molar refractivity (Wildman–Crippen MR) is 122 cm³/mol. The summed E-state index contributed by atoms with van der Waals surface area (Å²) in [6, 6.07) is 8.11. The first-order valence-corrected chi connectivity index (χ1v) is 10.5. The smallest absolute Gasteiger partial charge is 0.182 e. The summed E-state index contributed by atoms with van der Waals surface area (Å²) in [4.78, 5) is 7.12. The molecule has 2 aromatic heterocycles. The molecule has 34 heavy (non-hydrogen) atoms. The molecule has 2 atom stereocenters. The van der Waals surface area contributed by atoms with E-state index in [0.29, 0.717) is 29.1 Å². The van der Waals surface area contributed by atoms with Crippen molar-refractivity contribution < 1.29 is 28.8 Å². The molecule has 0 spiro atoms. The number of aromatic nitrogens is 2. The highest BCUT2D eigenvalue weighted by Gasteiger charge is 2.21. The van der Waals surface area contributed by atoms with Gasteiger partial charge in [-0.1, -0.05) is 11.6 Å². The van der Waals surface area contributed by atoms with Gasteiger partial charge < -0.3 is 30.4 Å². The number of aromatic amines is 1. The molecule has 0 aliphatic heterocycles. The van der Waals surface area contributed by atoms with Crippen LogP contribution in [-0.4, -0.2) is 37.7 Å². The summed E-state index contributed by atoms with van der Waals surface area (Å²) in [5, 5.41) is 33.9. The second kappa shape index (κ2) is 10.1. The van der Waals surface area contributed by atoms with Crippen LogP contribution in [0.2, 0.25) is 0 Å². The number of aliphatic hydroxyl groups is 3. The molecule has 0 saturated heterocycles. The van der Waals surface area contributed by atoms with Crippen LogP contribution in [0.4, 0.5) is 14.5 Å². The number of halogens is 2. The van der Waals surface area contributed by atoms with Crippen LogP contribution in [0.1, 0.15) is 25.2 Å². The number of hydrogen-bond acceptors (Lipinski definition) is 7. The number of nitrogens with one attached hydrogen (secondary N) is 3. The van der Waals surface area contributed by atoms with Gasteiger partial charge in [-0.25, -0.2) is 8.78 Å². The molecule has 6 N–H and O–H groups in total. The molecule has 2 unspecified atom stereocenters. The maximum absolute atomic E-state index is 14.6. The van der Waals surface area contributed by atoms with Crippen molar-refractivity contribution in [3.8, 4) is 22.9 Å². The predicted octanol–water partition coefficient (Wildman–Crippen LogP) is 3.84. The van der Waals surface area contributed by atoms with Crippen LogP contribution in [0, 0.1) is 5.82 Å². The van der Waals surface area contributed by atoms with Crippen LogP contribution in [-0.2, 0) is 0 Å². The fraction of sp³-hybridized carbons (Fsp3) is 0.208. The number of aliphatic hydroxyl groups excluding tert-OH is 2. The summed E-state index contributed by atoms with van der Waals surface area (Å²) < 4.78 is 34.3. The Hall–Kier alpha value is -3.57. The van der Waals surface area contributed by atoms with Gasteiger partial charge in [0, 0.05) is 30.1 Å². The summed E-state index contributed by atoms with van der Waals surface area (Å²) in [5.41, 5.74) is 2.30. The lowest BCUT2D eigenvalue weighted by atomic mass is 10.0. The molecule has 0 amide bonds. The molecule has 1 aromatic carbocycles. The lowest BCUT2D eigenvalue weighted by molar-refractivity contribution is -0.0423. The van der Waals surface area contributed by atoms with E-state index in [9.17, 15) is 24.1 Å². The first-order chi connectivity index (χ1) is 16.3. The zero-order valence-corrected chi connectivity index (χ0v) is 18.2. The Kier molecular flexibility index (Phi) is 7.03. The molecule has 2 heterocycles. The van der Waals surface area contributed by atoms with Gasteiger partial charge in [0.2, 0.25) is 0 Å². The molecule has 1 aliphatic rings. The van der Waals surface area contributed by atoms with E-state index in [4.69, 9.17) is 4.74 Å². The van der Waals surface area contributed by atoms with Gasteiger partial charge in [0.25, 0.3) is 0 Å². The molecule has 0 bridgehead atoms. The Morgan fingerprint density at radius 3 is 2.62 bits per heavy atom. The van der Waals surface area contributed by atoms with Crippen molar-refractivity contribution >= 4 is 5.69 Å². The zero-order valence-electron chi connectivity index (χ0n) is 18.2. The minimum absolute atomic E-state index is 0.0108. The Labute approximate surface area is 194 Å². The van der Waals surface area contributed by atoms with E-state index in [1.54, 1.807) is 24.3 Å². The number of ether oxygens (including phenoxy) is 1. The second-order valence-electron chi connectivity index (χ2n) is 7.88. The maximum atomic E-state index is 14.6. The first-order valence-electron chi connectivity index (χ1n) is 10.5. The Balaban J connectivity index is 1.40. The molecule has 0 radical (unpaired) electrons. The van der Waals surface area contributed by atoms with Crippen LogP contribution in [0.15, 0.2) is 72.3 Å². The molecule has 1 aliphatic carbocycles. The number of rotatable bonds is 8. The number of hydrogen-bond donors (Lipinski definition) is 6. The van der Waals surface area contributed by atoms with E-state index < -0.39 is 30.3 Å². The summed E-state index contributed by atoms with van der Waals surface area (Å²) in [7, 11) is 0. The summed E-state index contributed by atoms with van der Waals surface area (Å²) in [6.45, 7) is 1.86. The molecular formula is C24H24F2N4O4. The zero-order chi connectivity index (χ0) is 24.2. The Morgan fingerprint density at radius 1 is 1.09 bits per heavy atom. The lowest BCUT2D eigenvalue weighted by Gasteiger charge is -2.25. The van der Waals surface area contributed by atoms with Gasteiger partial charge in [-0.15, -0.1) is 0 Å². The number of allylic oxidation sites excluding steroid dienone is 2. The molecule has 3 aromatic rings. The third kappa shape index (κ3) is 5.67. The Morgan fingerprint density at radius 2 is 1.88 bits per heavy atom. The molecule has 0 saturated carbocycles. The minimum Gasteiger partial charge on any atom is -0.457 e. The van der Waals surface area contributed by atoms with Crippen molar-refractivity contribution in [3.05, 3.63) is 83.7 Å². The number of benzene rings is 1. The average molecular weight is 470 g/mol. The minimum atomic E-state index is -1.60. The van der Waals surface area contributed by atoms with Gasteiger partial charge >= 0.3 is 0 Å². The van der Waals surface area contributed by atoms with Gasteiger partial charge in [-0.3, -0.25) is 10.3 Å². The van der Waals surface area contributed by atoms with Crippen molar-refractivity contribution in [2.45, 2.75) is 32.0 Å². The highest BCUT2D eigenvalue weighted by atomic mass is 19.1. The van der Waals surface area contributed by atoms with Gasteiger partial charge in [0.1, 0.15) is 23.1 Å². The standard InChI is InChI=1S/C24H24F2N4O4/c1-13-2-4-17(25)20(8-13)30-24(33)29-19-5-3-15(10-18(19)26)34-16-6-7-27-22(11-16)21-9-14(12-28-21)23(31)32/h2-7,9-12,20,23-24,28-33H,8H2,1H3. The van der Waals surface area contributed by atoms with Crippen LogP contribution in [0.25, 0.3) is 11.4 Å². The topological polar surface area (TPSA) is 123 Å². The van der Waals surface area contributed by atoms with Gasteiger partial charge in [0.15, 0.2) is 12.6 Å². The molecule has 178 valence electrons. The summed E-state index contributed by atoms with van der Waals surface area (Å²) in [6.07, 6.45) is 3.39. The third-order valence-corrected chi connectivity index (χ3v) is 5.22. The van der Waals surface area contributed by atoms with Crippen LogP contribution in [0.5, 0.6) is 11.5 Å². The summed E-state index contributed by atoms with van der Waals surface area (Å²) in [5.74, 6) is -0.483. The summed E-state index contributed by atoms with van der Waals surface area (Å²) >= 11 is 0. The van der Waals surface area contributed by atoms with Crippen molar-refractivity contribution in [3.63, 3.8) is 0 Å². The highest BCUT2D eigenvalue weighted by molar-refractivity contribution is 5.58. The second-order valence-corrected chi connectivity index (χ2v) is 7.88. The highest BCUT2D eigenvalue weighted by Crippen LogP contribution is 2.29. The molecule has 10 heteroatoms. The van der Waals surface area contributed by atoms with E-state index in [2.05, 4.69) is 20.6 Å². The molecule has 0 fully saturated rings. The largest absolute Gasteiger partial charge is 0.457 e. The van der Waals surface area contributed by atoms with Crippen molar-refractivity contribution in [2.24, 2.45) is 0 Å². The van der Waals surface area contributed by atoms with Crippen molar-refractivity contribution in [2.75, 3.05) is 5.32 Å². The van der Waals surface area contributed by atoms with Gasteiger partial charge in [-0.05, 0) is 43.7 Å². The normalized spacial score (nSPS) is 16.7. The number of pyridine rings is 1. The third-order valence-electron chi connectivity index (χ3n) is 5.22. The average Bonchev–Trinajstić information content (AvgIpc) is 3.29. The maximum Gasteiger partial charge on any atom is 0.182 e. The number of anilines is 1. The monoisotopic (exact) mass is 470 g/mol. The molecular weight excluding hydrogens is 446 g/mol. The number of H-pyrrole nitrogens is 1. The van der Waals surface area contributed by atoms with E-state index in [0.717, 1.165) is 11.6 Å². The fourth-order valence-corrected chi connectivity index (χ4v) is 3.49. The fourth-order valence-electron chi connectivity index (χ4n) is 3.49. The first kappa shape index (κ1) is 23.6. The van der Waals surface area contributed by atoms with Crippen molar-refractivity contribution in [1.82, 2.24) is 15.3 Å². The van der Waals surface area contributed by atoms with E-state index in [-0.39, 0.29) is 11.4 Å². The van der Waals surface area contributed by atoms with E-state index >= 15 is 0 Å². The van der Waals surface area contributed by atoms with E-state index in [1.807, 2.05) is 6.92 Å². The van der Waals surface area contributed by atoms with E-state index in [1.165, 1.54) is 30.6 Å². The quantitative estimate of drug-likeness (QED) is 0.277. The SMILES string of the molecule is CC1=CC=C(F)C(NC(O)Nc2ccc(Oc3ccnc(-c4cc(C(O)O)c[nH]4)c3)cc2F)C1. The lowest BCUT2D eigenvalue weighted by Crippen LogP contribution is -2.44. The van der Waals surface area contributed by atoms with Crippen LogP contribution >= 0.6 is 0 Å². The molecule has 8 nitrogen and oxygen atoms in total. The van der Waals surface area contributed by atoms with Gasteiger partial charge in [-0.2, -0.15) is 0 Å².